The van der Waals surface area contributed by atoms with Crippen molar-refractivity contribution in [2.75, 3.05) is 32.5 Å². The molecule has 21 heavy (non-hydrogen) atoms. The lowest BCUT2D eigenvalue weighted by Crippen LogP contribution is -2.41. The van der Waals surface area contributed by atoms with Gasteiger partial charge in [0.1, 0.15) is 0 Å². The number of carbonyl (C=O) groups excluding carboxylic acids is 1. The standard InChI is InChI=1S/C14H20N4O3/c1-17-8-4-5-10(17)9-18(2)14(21)16-11-6-3-7-15-12(11)13(19)20/h3,6-7,10H,4-5,8-9H2,1-2H3,(H,16,21)(H,19,20). The number of nitrogens with one attached hydrogen (secondary N) is 1. The quantitative estimate of drug-likeness (QED) is 0.874. The van der Waals surface area contributed by atoms with Gasteiger partial charge in [0.05, 0.1) is 5.69 Å². The van der Waals surface area contributed by atoms with Crippen LogP contribution >= 0.6 is 0 Å². The molecule has 0 aromatic carbocycles. The number of anilines is 1. The molecule has 2 amide bonds. The number of hydrogen-bond acceptors (Lipinski definition) is 4. The van der Waals surface area contributed by atoms with Crippen LogP contribution in [-0.4, -0.2) is 65.1 Å². The third kappa shape index (κ3) is 3.69. The molecular weight excluding hydrogens is 272 g/mol. The first-order valence-corrected chi connectivity index (χ1v) is 6.89. The lowest BCUT2D eigenvalue weighted by molar-refractivity contribution is 0.0691. The van der Waals surface area contributed by atoms with E-state index >= 15 is 0 Å². The number of carboxylic acid groups (broad SMARTS) is 1. The van der Waals surface area contributed by atoms with Crippen molar-refractivity contribution in [3.8, 4) is 0 Å². The molecule has 7 heteroatoms. The Hall–Kier alpha value is -2.15. The Labute approximate surface area is 123 Å². The van der Waals surface area contributed by atoms with E-state index in [1.54, 1.807) is 18.0 Å². The summed E-state index contributed by atoms with van der Waals surface area (Å²) in [5.41, 5.74) is 0.0545. The SMILES string of the molecule is CN(CC1CCCN1C)C(=O)Nc1cccnc1C(=O)O. The van der Waals surface area contributed by atoms with Gasteiger partial charge in [-0.1, -0.05) is 0 Å². The normalized spacial score (nSPS) is 18.5. The number of nitrogens with zero attached hydrogens (tertiary/aromatic N) is 3. The van der Waals surface area contributed by atoms with Gasteiger partial charge < -0.3 is 20.2 Å². The molecule has 1 aliphatic heterocycles. The molecule has 1 atom stereocenters. The number of urea groups is 1. The average Bonchev–Trinajstić information content (AvgIpc) is 2.84. The summed E-state index contributed by atoms with van der Waals surface area (Å²) in [6.45, 7) is 1.66. The van der Waals surface area contributed by atoms with Crippen molar-refractivity contribution in [2.45, 2.75) is 18.9 Å². The first-order valence-electron chi connectivity index (χ1n) is 6.89. The zero-order chi connectivity index (χ0) is 15.4. The fourth-order valence-corrected chi connectivity index (χ4v) is 2.50. The van der Waals surface area contributed by atoms with Gasteiger partial charge in [0.15, 0.2) is 5.69 Å². The second kappa shape index (κ2) is 6.53. The number of pyridine rings is 1. The number of rotatable bonds is 4. The highest BCUT2D eigenvalue weighted by molar-refractivity contribution is 5.98. The van der Waals surface area contributed by atoms with Crippen LogP contribution in [0, 0.1) is 0 Å². The Morgan fingerprint density at radius 3 is 2.95 bits per heavy atom. The van der Waals surface area contributed by atoms with Gasteiger partial charge >= 0.3 is 12.0 Å². The molecule has 1 saturated heterocycles. The number of aromatic carboxylic acids is 1. The van der Waals surface area contributed by atoms with Gasteiger partial charge in [-0.2, -0.15) is 0 Å². The fourth-order valence-electron chi connectivity index (χ4n) is 2.50. The fraction of sp³-hybridized carbons (Fsp3) is 0.500. The molecular formula is C14H20N4O3. The molecule has 0 saturated carbocycles. The lowest BCUT2D eigenvalue weighted by atomic mass is 10.2. The monoisotopic (exact) mass is 292 g/mol. The van der Waals surface area contributed by atoms with E-state index < -0.39 is 5.97 Å². The van der Waals surface area contributed by atoms with Gasteiger partial charge in [-0.05, 0) is 38.6 Å². The van der Waals surface area contributed by atoms with Crippen LogP contribution in [0.25, 0.3) is 0 Å². The van der Waals surface area contributed by atoms with Crippen LogP contribution in [0.4, 0.5) is 10.5 Å². The van der Waals surface area contributed by atoms with Crippen LogP contribution in [-0.2, 0) is 0 Å². The number of aromatic nitrogens is 1. The molecule has 0 aliphatic carbocycles. The Balaban J connectivity index is 1.99. The van der Waals surface area contributed by atoms with Crippen LogP contribution in [0.5, 0.6) is 0 Å². The Morgan fingerprint density at radius 1 is 1.57 bits per heavy atom. The minimum absolute atomic E-state index is 0.155. The van der Waals surface area contributed by atoms with Crippen molar-refractivity contribution in [3.05, 3.63) is 24.0 Å². The predicted octanol–water partition coefficient (Wildman–Crippen LogP) is 1.34. The molecule has 2 rings (SSSR count). The summed E-state index contributed by atoms with van der Waals surface area (Å²) < 4.78 is 0. The maximum Gasteiger partial charge on any atom is 0.356 e. The van der Waals surface area contributed by atoms with Crippen molar-refractivity contribution < 1.29 is 14.7 Å². The summed E-state index contributed by atoms with van der Waals surface area (Å²) in [7, 11) is 3.76. The van der Waals surface area contributed by atoms with Crippen LogP contribution in [0.15, 0.2) is 18.3 Å². The summed E-state index contributed by atoms with van der Waals surface area (Å²) in [6, 6.07) is 3.15. The van der Waals surface area contributed by atoms with E-state index in [2.05, 4.69) is 15.2 Å². The summed E-state index contributed by atoms with van der Waals surface area (Å²) in [5, 5.41) is 11.7. The highest BCUT2D eigenvalue weighted by Gasteiger charge is 2.24. The number of likely N-dealkylation sites (N-methyl/N-ethyl adjacent to an activating group) is 2. The van der Waals surface area contributed by atoms with E-state index in [0.29, 0.717) is 12.6 Å². The van der Waals surface area contributed by atoms with E-state index in [9.17, 15) is 9.59 Å². The lowest BCUT2D eigenvalue weighted by Gasteiger charge is -2.26. The van der Waals surface area contributed by atoms with E-state index in [-0.39, 0.29) is 17.4 Å². The number of hydrogen-bond donors (Lipinski definition) is 2. The summed E-state index contributed by atoms with van der Waals surface area (Å²) in [5.74, 6) is -1.16. The molecule has 2 N–H and O–H groups in total. The Kier molecular flexibility index (Phi) is 4.74. The molecule has 7 nitrogen and oxygen atoms in total. The van der Waals surface area contributed by atoms with E-state index in [1.165, 1.54) is 12.3 Å². The average molecular weight is 292 g/mol. The molecule has 0 bridgehead atoms. The van der Waals surface area contributed by atoms with Crippen LogP contribution in [0.3, 0.4) is 0 Å². The van der Waals surface area contributed by atoms with Gasteiger partial charge in [0.2, 0.25) is 0 Å². The number of carboxylic acids is 1. The van der Waals surface area contributed by atoms with Crippen molar-refractivity contribution in [1.29, 1.82) is 0 Å². The number of carbonyl (C=O) groups is 2. The first kappa shape index (κ1) is 15.2. The van der Waals surface area contributed by atoms with E-state index in [1.807, 2.05) is 7.05 Å². The smallest absolute Gasteiger partial charge is 0.356 e. The van der Waals surface area contributed by atoms with Crippen molar-refractivity contribution >= 4 is 17.7 Å². The van der Waals surface area contributed by atoms with Gasteiger partial charge in [-0.25, -0.2) is 14.6 Å². The highest BCUT2D eigenvalue weighted by atomic mass is 16.4. The molecule has 1 aromatic heterocycles. The van der Waals surface area contributed by atoms with Crippen LogP contribution < -0.4 is 5.32 Å². The van der Waals surface area contributed by atoms with Crippen LogP contribution in [0.2, 0.25) is 0 Å². The van der Waals surface area contributed by atoms with Crippen molar-refractivity contribution in [1.82, 2.24) is 14.8 Å². The highest BCUT2D eigenvalue weighted by Crippen LogP contribution is 2.17. The summed E-state index contributed by atoms with van der Waals surface area (Å²) in [4.78, 5) is 30.8. The van der Waals surface area contributed by atoms with E-state index in [0.717, 1.165) is 19.4 Å². The topological polar surface area (TPSA) is 85.8 Å². The predicted molar refractivity (Wildman–Crippen MR) is 78.5 cm³/mol. The third-order valence-electron chi connectivity index (χ3n) is 3.75. The Morgan fingerprint density at radius 2 is 2.33 bits per heavy atom. The van der Waals surface area contributed by atoms with Crippen molar-refractivity contribution in [2.24, 2.45) is 0 Å². The number of amides is 2. The molecule has 0 spiro atoms. The van der Waals surface area contributed by atoms with Crippen molar-refractivity contribution in [3.63, 3.8) is 0 Å². The largest absolute Gasteiger partial charge is 0.476 e. The third-order valence-corrected chi connectivity index (χ3v) is 3.75. The molecule has 1 fully saturated rings. The molecule has 1 aromatic rings. The minimum Gasteiger partial charge on any atom is -0.476 e. The van der Waals surface area contributed by atoms with Gasteiger partial charge in [-0.15, -0.1) is 0 Å². The zero-order valence-electron chi connectivity index (χ0n) is 12.2. The number of likely N-dealkylation sites (tertiary alicyclic amines) is 1. The first-order chi connectivity index (χ1) is 9.99. The van der Waals surface area contributed by atoms with E-state index in [4.69, 9.17) is 5.11 Å². The zero-order valence-corrected chi connectivity index (χ0v) is 12.2. The Bertz CT molecular complexity index is 535. The van der Waals surface area contributed by atoms with Gasteiger partial charge in [-0.3, -0.25) is 0 Å². The van der Waals surface area contributed by atoms with Crippen LogP contribution in [0.1, 0.15) is 23.3 Å². The molecule has 2 heterocycles. The summed E-state index contributed by atoms with van der Waals surface area (Å²) in [6.07, 6.45) is 3.60. The molecule has 0 radical (unpaired) electrons. The maximum atomic E-state index is 12.2. The van der Waals surface area contributed by atoms with Gasteiger partial charge in [0.25, 0.3) is 0 Å². The molecule has 114 valence electrons. The molecule has 1 aliphatic rings. The second-order valence-electron chi connectivity index (χ2n) is 5.29. The second-order valence-corrected chi connectivity index (χ2v) is 5.29. The minimum atomic E-state index is -1.16. The maximum absolute atomic E-state index is 12.2. The molecule has 1 unspecified atom stereocenters. The van der Waals surface area contributed by atoms with Gasteiger partial charge in [0, 0.05) is 25.8 Å². The summed E-state index contributed by atoms with van der Waals surface area (Å²) >= 11 is 0.